The van der Waals surface area contributed by atoms with Gasteiger partial charge in [0.15, 0.2) is 0 Å². The summed E-state index contributed by atoms with van der Waals surface area (Å²) in [6.45, 7) is 7.14. The summed E-state index contributed by atoms with van der Waals surface area (Å²) >= 11 is 0. The van der Waals surface area contributed by atoms with Crippen molar-refractivity contribution < 1.29 is 14.3 Å². The van der Waals surface area contributed by atoms with Gasteiger partial charge in [-0.2, -0.15) is 0 Å². The zero-order valence-electron chi connectivity index (χ0n) is 8.58. The summed E-state index contributed by atoms with van der Waals surface area (Å²) in [6.07, 6.45) is 0. The van der Waals surface area contributed by atoms with Crippen molar-refractivity contribution in [2.45, 2.75) is 26.8 Å². The second-order valence-corrected chi connectivity index (χ2v) is 3.42. The van der Waals surface area contributed by atoms with Crippen molar-refractivity contribution in [1.29, 1.82) is 0 Å². The molecule has 0 bridgehead atoms. The van der Waals surface area contributed by atoms with E-state index in [0.29, 0.717) is 19.1 Å². The molecule has 0 saturated heterocycles. The van der Waals surface area contributed by atoms with Crippen LogP contribution in [0.4, 0.5) is 0 Å². The van der Waals surface area contributed by atoms with Crippen LogP contribution in [0.2, 0.25) is 0 Å². The van der Waals surface area contributed by atoms with E-state index in [1.165, 1.54) is 0 Å². The second-order valence-electron chi connectivity index (χ2n) is 3.42. The van der Waals surface area contributed by atoms with Gasteiger partial charge in [0.05, 0.1) is 6.61 Å². The minimum absolute atomic E-state index is 0.285. The zero-order chi connectivity index (χ0) is 10.3. The molecular weight excluding hydrogens is 170 g/mol. The largest absolute Gasteiger partial charge is 0.462 e. The van der Waals surface area contributed by atoms with Crippen LogP contribution in [0.15, 0.2) is 0 Å². The first-order valence-electron chi connectivity index (χ1n) is 4.54. The van der Waals surface area contributed by atoms with E-state index in [9.17, 15) is 4.79 Å². The molecule has 13 heavy (non-hydrogen) atoms. The van der Waals surface area contributed by atoms with E-state index in [1.807, 2.05) is 0 Å². The molecule has 4 heteroatoms. The highest BCUT2D eigenvalue weighted by atomic mass is 16.6. The first-order valence-corrected chi connectivity index (χ1v) is 4.54. The molecule has 2 N–H and O–H groups in total. The summed E-state index contributed by atoms with van der Waals surface area (Å²) < 4.78 is 10.0. The highest BCUT2D eigenvalue weighted by molar-refractivity contribution is 5.74. The molecule has 78 valence electrons. The van der Waals surface area contributed by atoms with E-state index in [4.69, 9.17) is 15.2 Å². The summed E-state index contributed by atoms with van der Waals surface area (Å²) in [5.74, 6) is 0.122. The summed E-state index contributed by atoms with van der Waals surface area (Å²) in [6, 6.07) is -0.551. The fourth-order valence-corrected chi connectivity index (χ4v) is 0.652. The van der Waals surface area contributed by atoms with Gasteiger partial charge in [-0.1, -0.05) is 13.8 Å². The predicted octanol–water partition coefficient (Wildman–Crippen LogP) is 0.549. The van der Waals surface area contributed by atoms with Crippen LogP contribution in [0.3, 0.4) is 0 Å². The van der Waals surface area contributed by atoms with Crippen LogP contribution in [0.5, 0.6) is 0 Å². The lowest BCUT2D eigenvalue weighted by Gasteiger charge is -2.08. The van der Waals surface area contributed by atoms with E-state index in [0.717, 1.165) is 0 Å². The van der Waals surface area contributed by atoms with Gasteiger partial charge in [0, 0.05) is 6.61 Å². The highest BCUT2D eigenvalue weighted by Crippen LogP contribution is 1.92. The van der Waals surface area contributed by atoms with Crippen molar-refractivity contribution in [3.63, 3.8) is 0 Å². The maximum absolute atomic E-state index is 10.8. The van der Waals surface area contributed by atoms with E-state index in [1.54, 1.807) is 6.92 Å². The van der Waals surface area contributed by atoms with Crippen molar-refractivity contribution >= 4 is 5.97 Å². The van der Waals surface area contributed by atoms with E-state index >= 15 is 0 Å². The smallest absolute Gasteiger partial charge is 0.322 e. The fraction of sp³-hybridized carbons (Fsp3) is 0.889. The summed E-state index contributed by atoms with van der Waals surface area (Å²) in [5, 5.41) is 0. The third kappa shape index (κ3) is 7.74. The van der Waals surface area contributed by atoms with Crippen molar-refractivity contribution in [2.24, 2.45) is 11.7 Å². The SMILES string of the molecule is CC(C)COCCOC(=O)C(C)N. The standard InChI is InChI=1S/C9H19NO3/c1-7(2)6-12-4-5-13-9(11)8(3)10/h7-8H,4-6,10H2,1-3H3. The minimum atomic E-state index is -0.551. The minimum Gasteiger partial charge on any atom is -0.462 e. The van der Waals surface area contributed by atoms with Crippen molar-refractivity contribution in [3.05, 3.63) is 0 Å². The van der Waals surface area contributed by atoms with Crippen molar-refractivity contribution in [2.75, 3.05) is 19.8 Å². The van der Waals surface area contributed by atoms with Gasteiger partial charge in [-0.05, 0) is 12.8 Å². The number of nitrogens with two attached hydrogens (primary N) is 1. The number of carbonyl (C=O) groups is 1. The van der Waals surface area contributed by atoms with Gasteiger partial charge in [-0.25, -0.2) is 0 Å². The Morgan fingerprint density at radius 1 is 1.31 bits per heavy atom. The molecule has 0 spiro atoms. The Labute approximate surface area is 79.4 Å². The molecule has 0 saturated carbocycles. The summed E-state index contributed by atoms with van der Waals surface area (Å²) in [5.41, 5.74) is 5.28. The molecule has 0 aromatic carbocycles. The van der Waals surface area contributed by atoms with Gasteiger partial charge >= 0.3 is 5.97 Å². The Morgan fingerprint density at radius 2 is 1.92 bits per heavy atom. The highest BCUT2D eigenvalue weighted by Gasteiger charge is 2.07. The number of esters is 1. The molecule has 0 aliphatic carbocycles. The molecule has 0 heterocycles. The van der Waals surface area contributed by atoms with E-state index in [-0.39, 0.29) is 12.6 Å². The number of hydrogen-bond acceptors (Lipinski definition) is 4. The first kappa shape index (κ1) is 12.4. The van der Waals surface area contributed by atoms with Gasteiger partial charge in [-0.15, -0.1) is 0 Å². The first-order chi connectivity index (χ1) is 6.04. The van der Waals surface area contributed by atoms with Crippen LogP contribution in [0, 0.1) is 5.92 Å². The molecule has 0 aliphatic rings. The van der Waals surface area contributed by atoms with Gasteiger partial charge < -0.3 is 15.2 Å². The summed E-state index contributed by atoms with van der Waals surface area (Å²) in [4.78, 5) is 10.8. The lowest BCUT2D eigenvalue weighted by Crippen LogP contribution is -2.29. The molecule has 0 aromatic rings. The molecule has 0 fully saturated rings. The zero-order valence-corrected chi connectivity index (χ0v) is 8.58. The van der Waals surface area contributed by atoms with Gasteiger partial charge in [0.25, 0.3) is 0 Å². The summed E-state index contributed by atoms with van der Waals surface area (Å²) in [7, 11) is 0. The third-order valence-corrected chi connectivity index (χ3v) is 1.29. The maximum Gasteiger partial charge on any atom is 0.322 e. The normalized spacial score (nSPS) is 13.0. The van der Waals surface area contributed by atoms with Crippen molar-refractivity contribution in [3.8, 4) is 0 Å². The Balaban J connectivity index is 3.21. The second kappa shape index (κ2) is 6.86. The fourth-order valence-electron chi connectivity index (χ4n) is 0.652. The molecule has 0 amide bonds. The average Bonchev–Trinajstić information content (AvgIpc) is 2.02. The number of hydrogen-bond donors (Lipinski definition) is 1. The topological polar surface area (TPSA) is 61.5 Å². The molecule has 4 nitrogen and oxygen atoms in total. The lowest BCUT2D eigenvalue weighted by molar-refractivity contribution is -0.146. The Morgan fingerprint density at radius 3 is 2.38 bits per heavy atom. The molecule has 1 unspecified atom stereocenters. The molecule has 1 atom stereocenters. The van der Waals surface area contributed by atoms with Gasteiger partial charge in [0.1, 0.15) is 12.6 Å². The molecule has 0 radical (unpaired) electrons. The lowest BCUT2D eigenvalue weighted by atomic mass is 10.2. The van der Waals surface area contributed by atoms with E-state index in [2.05, 4.69) is 13.8 Å². The van der Waals surface area contributed by atoms with Crippen LogP contribution in [0.25, 0.3) is 0 Å². The van der Waals surface area contributed by atoms with Crippen LogP contribution < -0.4 is 5.73 Å². The number of rotatable bonds is 6. The molecule has 0 aromatic heterocycles. The average molecular weight is 189 g/mol. The Bertz CT molecular complexity index is 146. The van der Waals surface area contributed by atoms with Crippen LogP contribution in [0.1, 0.15) is 20.8 Å². The Hall–Kier alpha value is -0.610. The maximum atomic E-state index is 10.8. The quantitative estimate of drug-likeness (QED) is 0.489. The number of carbonyl (C=O) groups excluding carboxylic acids is 1. The van der Waals surface area contributed by atoms with Gasteiger partial charge in [0.2, 0.25) is 0 Å². The third-order valence-electron chi connectivity index (χ3n) is 1.29. The van der Waals surface area contributed by atoms with Gasteiger partial charge in [-0.3, -0.25) is 4.79 Å². The van der Waals surface area contributed by atoms with E-state index < -0.39 is 6.04 Å². The van der Waals surface area contributed by atoms with Crippen LogP contribution >= 0.6 is 0 Å². The van der Waals surface area contributed by atoms with Crippen molar-refractivity contribution in [1.82, 2.24) is 0 Å². The number of ether oxygens (including phenoxy) is 2. The molecule has 0 rings (SSSR count). The Kier molecular flexibility index (Phi) is 6.54. The predicted molar refractivity (Wildman–Crippen MR) is 50.3 cm³/mol. The molecule has 0 aliphatic heterocycles. The monoisotopic (exact) mass is 189 g/mol. The van der Waals surface area contributed by atoms with Crippen LogP contribution in [-0.2, 0) is 14.3 Å². The van der Waals surface area contributed by atoms with Crippen LogP contribution in [-0.4, -0.2) is 31.8 Å². The molecular formula is C9H19NO3.